The number of amides is 1. The Hall–Kier alpha value is -3.00. The molecule has 4 aromatic heterocycles. The summed E-state index contributed by atoms with van der Waals surface area (Å²) in [5.41, 5.74) is 0.868. The number of aryl methyl sites for hydroxylation is 1. The standard InChI is InChI=1S/C17H15N5O2S/c1-12-6-7-18-17-19-15(20-22(12)17)16(23)21(10-13-4-2-8-24-13)11-14-5-3-9-25-14/h2-9H,10-11H2,1H3. The third-order valence-electron chi connectivity index (χ3n) is 3.76. The summed E-state index contributed by atoms with van der Waals surface area (Å²) in [6.07, 6.45) is 3.25. The molecule has 0 aromatic carbocycles. The van der Waals surface area contributed by atoms with E-state index >= 15 is 0 Å². The second-order valence-corrected chi connectivity index (χ2v) is 6.59. The summed E-state index contributed by atoms with van der Waals surface area (Å²) in [6.45, 7) is 2.72. The lowest BCUT2D eigenvalue weighted by Gasteiger charge is -2.19. The lowest BCUT2D eigenvalue weighted by Crippen LogP contribution is -2.30. The molecule has 0 saturated carbocycles. The van der Waals surface area contributed by atoms with Crippen molar-refractivity contribution in [2.45, 2.75) is 20.0 Å². The quantitative estimate of drug-likeness (QED) is 0.551. The van der Waals surface area contributed by atoms with Crippen molar-refractivity contribution in [2.24, 2.45) is 0 Å². The molecule has 0 spiro atoms. The third-order valence-corrected chi connectivity index (χ3v) is 4.62. The number of carbonyl (C=O) groups is 1. The lowest BCUT2D eigenvalue weighted by atomic mass is 10.3. The first kappa shape index (κ1) is 15.5. The molecule has 8 heteroatoms. The molecule has 4 heterocycles. The molecular weight excluding hydrogens is 338 g/mol. The molecule has 0 aliphatic carbocycles. The van der Waals surface area contributed by atoms with E-state index in [-0.39, 0.29) is 11.7 Å². The Labute approximate surface area is 147 Å². The normalized spacial score (nSPS) is 11.1. The molecule has 25 heavy (non-hydrogen) atoms. The van der Waals surface area contributed by atoms with Crippen LogP contribution in [0, 0.1) is 6.92 Å². The van der Waals surface area contributed by atoms with E-state index in [1.165, 1.54) is 0 Å². The van der Waals surface area contributed by atoms with Crippen LogP contribution in [-0.4, -0.2) is 30.4 Å². The molecule has 0 atom stereocenters. The Kier molecular flexibility index (Phi) is 4.02. The topological polar surface area (TPSA) is 76.5 Å². The highest BCUT2D eigenvalue weighted by molar-refractivity contribution is 7.09. The number of furan rings is 1. The van der Waals surface area contributed by atoms with E-state index < -0.39 is 0 Å². The van der Waals surface area contributed by atoms with Crippen molar-refractivity contribution < 1.29 is 9.21 Å². The lowest BCUT2D eigenvalue weighted by molar-refractivity contribution is 0.0707. The van der Waals surface area contributed by atoms with Crippen molar-refractivity contribution in [3.05, 3.63) is 70.3 Å². The van der Waals surface area contributed by atoms with Crippen molar-refractivity contribution in [3.8, 4) is 0 Å². The van der Waals surface area contributed by atoms with Crippen molar-refractivity contribution in [2.75, 3.05) is 0 Å². The van der Waals surface area contributed by atoms with Gasteiger partial charge in [0.1, 0.15) is 5.76 Å². The van der Waals surface area contributed by atoms with Gasteiger partial charge >= 0.3 is 0 Å². The summed E-state index contributed by atoms with van der Waals surface area (Å²) in [7, 11) is 0. The fourth-order valence-corrected chi connectivity index (χ4v) is 3.24. The maximum Gasteiger partial charge on any atom is 0.294 e. The van der Waals surface area contributed by atoms with Gasteiger partial charge in [-0.2, -0.15) is 4.98 Å². The molecule has 1 amide bonds. The zero-order valence-electron chi connectivity index (χ0n) is 13.5. The summed E-state index contributed by atoms with van der Waals surface area (Å²) in [5.74, 6) is 1.00. The summed E-state index contributed by atoms with van der Waals surface area (Å²) in [5, 5.41) is 6.30. The van der Waals surface area contributed by atoms with E-state index in [4.69, 9.17) is 4.42 Å². The minimum absolute atomic E-state index is 0.130. The molecule has 126 valence electrons. The third kappa shape index (κ3) is 3.16. The highest BCUT2D eigenvalue weighted by Gasteiger charge is 2.23. The van der Waals surface area contributed by atoms with Crippen LogP contribution in [0.4, 0.5) is 0 Å². The molecule has 4 aromatic rings. The fraction of sp³-hybridized carbons (Fsp3) is 0.176. The first-order chi connectivity index (χ1) is 12.2. The van der Waals surface area contributed by atoms with E-state index in [1.54, 1.807) is 39.3 Å². The molecule has 0 N–H and O–H groups in total. The van der Waals surface area contributed by atoms with Gasteiger partial charge in [-0.25, -0.2) is 9.50 Å². The molecule has 0 aliphatic rings. The summed E-state index contributed by atoms with van der Waals surface area (Å²) < 4.78 is 6.97. The number of rotatable bonds is 5. The van der Waals surface area contributed by atoms with Crippen LogP contribution in [0.2, 0.25) is 0 Å². The summed E-state index contributed by atoms with van der Waals surface area (Å²) >= 11 is 1.60. The van der Waals surface area contributed by atoms with Gasteiger partial charge in [0.25, 0.3) is 11.7 Å². The van der Waals surface area contributed by atoms with Gasteiger partial charge in [-0.3, -0.25) is 4.79 Å². The highest BCUT2D eigenvalue weighted by atomic mass is 32.1. The van der Waals surface area contributed by atoms with E-state index in [2.05, 4.69) is 15.1 Å². The van der Waals surface area contributed by atoms with Gasteiger partial charge in [-0.15, -0.1) is 16.4 Å². The van der Waals surface area contributed by atoms with Crippen molar-refractivity contribution >= 4 is 23.0 Å². The number of hydrogen-bond donors (Lipinski definition) is 0. The van der Waals surface area contributed by atoms with Gasteiger partial charge in [0.15, 0.2) is 0 Å². The SMILES string of the molecule is Cc1ccnc2nc(C(=O)N(Cc3ccco3)Cc3cccs3)nn12. The predicted octanol–water partition coefficient (Wildman–Crippen LogP) is 2.93. The largest absolute Gasteiger partial charge is 0.467 e. The summed E-state index contributed by atoms with van der Waals surface area (Å²) in [4.78, 5) is 24.2. The number of aromatic nitrogens is 4. The van der Waals surface area contributed by atoms with Gasteiger partial charge < -0.3 is 9.32 Å². The number of fused-ring (bicyclic) bond motifs is 1. The van der Waals surface area contributed by atoms with Crippen molar-refractivity contribution in [3.63, 3.8) is 0 Å². The number of thiophene rings is 1. The zero-order chi connectivity index (χ0) is 17.2. The Balaban J connectivity index is 1.66. The smallest absolute Gasteiger partial charge is 0.294 e. The summed E-state index contributed by atoms with van der Waals surface area (Å²) in [6, 6.07) is 9.43. The second-order valence-electron chi connectivity index (χ2n) is 5.55. The number of hydrogen-bond acceptors (Lipinski definition) is 6. The van der Waals surface area contributed by atoms with Crippen LogP contribution in [0.1, 0.15) is 27.0 Å². The zero-order valence-corrected chi connectivity index (χ0v) is 14.3. The van der Waals surface area contributed by atoms with Crippen LogP contribution in [0.3, 0.4) is 0 Å². The van der Waals surface area contributed by atoms with E-state index in [0.717, 1.165) is 10.6 Å². The second kappa shape index (κ2) is 6.48. The molecule has 0 bridgehead atoms. The maximum absolute atomic E-state index is 13.0. The van der Waals surface area contributed by atoms with E-state index in [0.29, 0.717) is 24.6 Å². The van der Waals surface area contributed by atoms with Gasteiger partial charge in [-0.1, -0.05) is 6.07 Å². The van der Waals surface area contributed by atoms with E-state index in [1.807, 2.05) is 36.6 Å². The average molecular weight is 353 g/mol. The fourth-order valence-electron chi connectivity index (χ4n) is 2.52. The first-order valence-corrected chi connectivity index (χ1v) is 8.61. The van der Waals surface area contributed by atoms with Crippen LogP contribution < -0.4 is 0 Å². The molecule has 0 saturated heterocycles. The van der Waals surface area contributed by atoms with Crippen LogP contribution in [0.15, 0.2) is 52.6 Å². The van der Waals surface area contributed by atoms with Crippen molar-refractivity contribution in [1.29, 1.82) is 0 Å². The maximum atomic E-state index is 13.0. The molecule has 0 aliphatic heterocycles. The molecule has 0 fully saturated rings. The minimum Gasteiger partial charge on any atom is -0.467 e. The molecule has 7 nitrogen and oxygen atoms in total. The molecule has 4 rings (SSSR count). The first-order valence-electron chi connectivity index (χ1n) is 7.73. The predicted molar refractivity (Wildman–Crippen MR) is 92.1 cm³/mol. The average Bonchev–Trinajstić information content (AvgIpc) is 3.35. The van der Waals surface area contributed by atoms with Gasteiger partial charge in [-0.05, 0) is 36.6 Å². The van der Waals surface area contributed by atoms with Crippen LogP contribution in [0.25, 0.3) is 5.78 Å². The van der Waals surface area contributed by atoms with Gasteiger partial charge in [0, 0.05) is 16.8 Å². The van der Waals surface area contributed by atoms with E-state index in [9.17, 15) is 4.79 Å². The number of nitrogens with zero attached hydrogens (tertiary/aromatic N) is 5. The molecule has 0 radical (unpaired) electrons. The van der Waals surface area contributed by atoms with Gasteiger partial charge in [0.05, 0.1) is 19.4 Å². The Morgan fingerprint density at radius 3 is 2.92 bits per heavy atom. The highest BCUT2D eigenvalue weighted by Crippen LogP contribution is 2.17. The number of carbonyl (C=O) groups excluding carboxylic acids is 1. The van der Waals surface area contributed by atoms with Crippen LogP contribution in [0.5, 0.6) is 0 Å². The monoisotopic (exact) mass is 353 g/mol. The molecular formula is C17H15N5O2S. The van der Waals surface area contributed by atoms with Gasteiger partial charge in [0.2, 0.25) is 5.82 Å². The Bertz CT molecular complexity index is 955. The minimum atomic E-state index is -0.255. The molecule has 0 unspecified atom stereocenters. The van der Waals surface area contributed by atoms with Crippen molar-refractivity contribution in [1.82, 2.24) is 24.5 Å². The van der Waals surface area contributed by atoms with Crippen LogP contribution >= 0.6 is 11.3 Å². The Morgan fingerprint density at radius 1 is 1.28 bits per heavy atom. The van der Waals surface area contributed by atoms with Crippen LogP contribution in [-0.2, 0) is 13.1 Å². The Morgan fingerprint density at radius 2 is 2.20 bits per heavy atom.